The number of benzene rings is 2. The van der Waals surface area contributed by atoms with E-state index in [1.54, 1.807) is 45.2 Å². The van der Waals surface area contributed by atoms with Crippen LogP contribution in [0.1, 0.15) is 32.0 Å². The molecule has 10 nitrogen and oxygen atoms in total. The summed E-state index contributed by atoms with van der Waals surface area (Å²) in [5, 5.41) is 5.45. The number of aromatic amines is 1. The van der Waals surface area contributed by atoms with E-state index in [4.69, 9.17) is 0 Å². The van der Waals surface area contributed by atoms with Crippen molar-refractivity contribution in [3.63, 3.8) is 0 Å². The van der Waals surface area contributed by atoms with Gasteiger partial charge in [0.1, 0.15) is 5.69 Å². The van der Waals surface area contributed by atoms with Crippen LogP contribution in [0.25, 0.3) is 0 Å². The molecule has 0 bridgehead atoms. The van der Waals surface area contributed by atoms with Crippen molar-refractivity contribution in [3.8, 4) is 0 Å². The van der Waals surface area contributed by atoms with Crippen molar-refractivity contribution in [3.05, 3.63) is 72.3 Å². The van der Waals surface area contributed by atoms with Crippen molar-refractivity contribution in [2.45, 2.75) is 26.9 Å². The number of nitrogens with one attached hydrogen (secondary N) is 3. The van der Waals surface area contributed by atoms with E-state index >= 15 is 0 Å². The van der Waals surface area contributed by atoms with Gasteiger partial charge in [0, 0.05) is 42.6 Å². The monoisotopic (exact) mass is 501 g/mol. The van der Waals surface area contributed by atoms with Gasteiger partial charge in [-0.05, 0) is 24.3 Å². The second-order valence-electron chi connectivity index (χ2n) is 9.99. The molecule has 1 aliphatic heterocycles. The standard InChI is InChI=1S/C27H31N7O3/c1-27(2,3)22(35)15-34-21-12-7-6-11-19(21)23(20-14-28-16-29-20)31-24(25(34)36)32-26(37)30-17-9-8-10-18(13-17)33(4)5/h6-14,16,24H,15H2,1-5H3,(H,28,29)(H2,30,32,37). The Morgan fingerprint density at radius 3 is 2.54 bits per heavy atom. The molecule has 0 saturated heterocycles. The van der Waals surface area contributed by atoms with Gasteiger partial charge in [0.05, 0.1) is 24.3 Å². The van der Waals surface area contributed by atoms with Gasteiger partial charge in [-0.1, -0.05) is 45.0 Å². The highest BCUT2D eigenvalue weighted by molar-refractivity contribution is 6.20. The van der Waals surface area contributed by atoms with E-state index in [1.165, 1.54) is 11.2 Å². The van der Waals surface area contributed by atoms with Gasteiger partial charge in [0.25, 0.3) is 5.91 Å². The number of carbonyl (C=O) groups excluding carboxylic acids is 3. The van der Waals surface area contributed by atoms with Crippen LogP contribution in [0.3, 0.4) is 0 Å². The number of aliphatic imine (C=N–C) groups is 1. The normalized spacial score (nSPS) is 15.4. The number of fused-ring (bicyclic) bond motifs is 1. The third-order valence-corrected chi connectivity index (χ3v) is 5.98. The van der Waals surface area contributed by atoms with Crippen LogP contribution in [-0.2, 0) is 9.59 Å². The minimum atomic E-state index is -1.29. The van der Waals surface area contributed by atoms with Gasteiger partial charge in [-0.15, -0.1) is 0 Å². The number of ketones is 1. The molecule has 4 rings (SSSR count). The van der Waals surface area contributed by atoms with Crippen LogP contribution < -0.4 is 20.4 Å². The molecule has 3 aromatic rings. The summed E-state index contributed by atoms with van der Waals surface area (Å²) in [6.07, 6.45) is 1.89. The molecule has 37 heavy (non-hydrogen) atoms. The molecule has 0 saturated carbocycles. The quantitative estimate of drug-likeness (QED) is 0.478. The molecule has 1 aliphatic rings. The van der Waals surface area contributed by atoms with E-state index < -0.39 is 23.5 Å². The Labute approximate surface area is 215 Å². The third kappa shape index (κ3) is 5.69. The fraction of sp³-hybridized carbons (Fsp3) is 0.296. The molecule has 1 atom stereocenters. The fourth-order valence-electron chi connectivity index (χ4n) is 3.81. The summed E-state index contributed by atoms with van der Waals surface area (Å²) in [5.74, 6) is -0.643. The van der Waals surface area contributed by atoms with Crippen LogP contribution in [-0.4, -0.2) is 60.2 Å². The lowest BCUT2D eigenvalue weighted by atomic mass is 9.90. The number of imidazole rings is 1. The Balaban J connectivity index is 1.71. The molecule has 0 radical (unpaired) electrons. The van der Waals surface area contributed by atoms with Crippen molar-refractivity contribution < 1.29 is 14.4 Å². The zero-order valence-electron chi connectivity index (χ0n) is 21.6. The molecular weight excluding hydrogens is 470 g/mol. The Kier molecular flexibility index (Phi) is 7.10. The first-order valence-corrected chi connectivity index (χ1v) is 11.9. The maximum Gasteiger partial charge on any atom is 0.321 e. The van der Waals surface area contributed by atoms with Gasteiger partial charge >= 0.3 is 6.03 Å². The topological polar surface area (TPSA) is 123 Å². The van der Waals surface area contributed by atoms with E-state index in [2.05, 4.69) is 25.6 Å². The van der Waals surface area contributed by atoms with Crippen LogP contribution in [0.2, 0.25) is 0 Å². The molecule has 0 spiro atoms. The van der Waals surface area contributed by atoms with Gasteiger partial charge in [-0.25, -0.2) is 14.8 Å². The fourth-order valence-corrected chi connectivity index (χ4v) is 3.81. The molecule has 2 aromatic carbocycles. The van der Waals surface area contributed by atoms with Crippen molar-refractivity contribution >= 4 is 40.5 Å². The number of amides is 3. The smallest absolute Gasteiger partial charge is 0.321 e. The largest absolute Gasteiger partial charge is 0.378 e. The molecule has 2 heterocycles. The summed E-state index contributed by atoms with van der Waals surface area (Å²) in [6.45, 7) is 5.26. The summed E-state index contributed by atoms with van der Waals surface area (Å²) >= 11 is 0. The molecule has 3 N–H and O–H groups in total. The first kappa shape index (κ1) is 25.6. The lowest BCUT2D eigenvalue weighted by molar-refractivity contribution is -0.127. The van der Waals surface area contributed by atoms with Crippen LogP contribution in [0, 0.1) is 5.41 Å². The number of nitrogens with zero attached hydrogens (tertiary/aromatic N) is 4. The molecule has 1 aromatic heterocycles. The number of urea groups is 1. The number of rotatable bonds is 6. The summed E-state index contributed by atoms with van der Waals surface area (Å²) < 4.78 is 0. The Morgan fingerprint density at radius 2 is 1.86 bits per heavy atom. The highest BCUT2D eigenvalue weighted by Gasteiger charge is 2.36. The molecular formula is C27H31N7O3. The van der Waals surface area contributed by atoms with Crippen molar-refractivity contribution in [2.24, 2.45) is 10.4 Å². The third-order valence-electron chi connectivity index (χ3n) is 5.98. The maximum absolute atomic E-state index is 13.8. The highest BCUT2D eigenvalue weighted by Crippen LogP contribution is 2.29. The number of para-hydroxylation sites is 1. The molecule has 1 unspecified atom stereocenters. The molecule has 10 heteroatoms. The number of benzodiazepines with no additional fused rings is 1. The number of anilines is 3. The number of aromatic nitrogens is 2. The van der Waals surface area contributed by atoms with Crippen molar-refractivity contribution in [1.82, 2.24) is 15.3 Å². The Bertz CT molecular complexity index is 1340. The first-order valence-electron chi connectivity index (χ1n) is 11.9. The number of H-pyrrole nitrogens is 1. The molecule has 0 aliphatic carbocycles. The van der Waals surface area contributed by atoms with Crippen LogP contribution in [0.15, 0.2) is 66.0 Å². The zero-order valence-corrected chi connectivity index (χ0v) is 21.6. The average Bonchev–Trinajstić information content (AvgIpc) is 3.35. The SMILES string of the molecule is CN(C)c1cccc(NC(=O)NC2N=C(c3c[nH]cn3)c3ccccc3N(CC(=O)C(C)(C)C)C2=O)c1. The Hall–Kier alpha value is -4.47. The highest BCUT2D eigenvalue weighted by atomic mass is 16.2. The minimum absolute atomic E-state index is 0.123. The predicted octanol–water partition coefficient (Wildman–Crippen LogP) is 3.42. The number of carbonyl (C=O) groups is 3. The van der Waals surface area contributed by atoms with Gasteiger partial charge in [-0.2, -0.15) is 0 Å². The molecule has 0 fully saturated rings. The van der Waals surface area contributed by atoms with Gasteiger partial charge < -0.3 is 25.4 Å². The summed E-state index contributed by atoms with van der Waals surface area (Å²) in [6, 6.07) is 13.9. The summed E-state index contributed by atoms with van der Waals surface area (Å²) in [7, 11) is 3.81. The summed E-state index contributed by atoms with van der Waals surface area (Å²) in [4.78, 5) is 55.0. The van der Waals surface area contributed by atoms with E-state index in [-0.39, 0.29) is 12.3 Å². The van der Waals surface area contributed by atoms with E-state index in [0.717, 1.165) is 5.69 Å². The van der Waals surface area contributed by atoms with E-state index in [9.17, 15) is 14.4 Å². The lowest BCUT2D eigenvalue weighted by Gasteiger charge is -2.28. The summed E-state index contributed by atoms with van der Waals surface area (Å²) in [5.41, 5.74) is 2.90. The lowest BCUT2D eigenvalue weighted by Crippen LogP contribution is -2.50. The number of Topliss-reactive ketones (excluding diaryl/α,β-unsaturated/α-hetero) is 1. The van der Waals surface area contributed by atoms with Crippen LogP contribution >= 0.6 is 0 Å². The number of hydrogen-bond donors (Lipinski definition) is 3. The van der Waals surface area contributed by atoms with Crippen molar-refractivity contribution in [2.75, 3.05) is 35.8 Å². The maximum atomic E-state index is 13.8. The van der Waals surface area contributed by atoms with E-state index in [0.29, 0.717) is 28.3 Å². The average molecular weight is 502 g/mol. The Morgan fingerprint density at radius 1 is 1.11 bits per heavy atom. The first-order chi connectivity index (χ1) is 17.5. The van der Waals surface area contributed by atoms with Crippen LogP contribution in [0.5, 0.6) is 0 Å². The minimum Gasteiger partial charge on any atom is -0.378 e. The van der Waals surface area contributed by atoms with Crippen LogP contribution in [0.4, 0.5) is 21.9 Å². The number of hydrogen-bond acceptors (Lipinski definition) is 6. The second kappa shape index (κ2) is 10.3. The van der Waals surface area contributed by atoms with Gasteiger partial charge in [0.2, 0.25) is 6.17 Å². The van der Waals surface area contributed by atoms with E-state index in [1.807, 2.05) is 49.3 Å². The predicted molar refractivity (Wildman–Crippen MR) is 144 cm³/mol. The molecule has 192 valence electrons. The van der Waals surface area contributed by atoms with Gasteiger partial charge in [0.15, 0.2) is 5.78 Å². The zero-order chi connectivity index (χ0) is 26.7. The second-order valence-corrected chi connectivity index (χ2v) is 9.99. The van der Waals surface area contributed by atoms with Gasteiger partial charge in [-0.3, -0.25) is 9.59 Å². The van der Waals surface area contributed by atoms with Crippen molar-refractivity contribution in [1.29, 1.82) is 0 Å². The molecule has 3 amide bonds.